The number of carboxylic acid groups (broad SMARTS) is 1. The summed E-state index contributed by atoms with van der Waals surface area (Å²) in [4.78, 5) is 73.0. The Hall–Kier alpha value is -5.58. The highest BCUT2D eigenvalue weighted by molar-refractivity contribution is 6.32. The standard InChI is InChI=1S/C41H33ClN2O8/c42-25-11-7-13-27(21-25)44-37(47)32-22-31-28(16-17-30-34(31)38(48)43(36(30)46)26-12-6-8-23(20-26)39(49)50)35(29-14-4-5-15-33(29)52-19-18-45)41(32,40(44)51)24-9-2-1-3-10-24/h1-16,20-21,30-32,34-35,45H,17-19,22H2,(H,49,50). The number of allylic oxidation sites excluding steroid dienone is 2. The van der Waals surface area contributed by atoms with Crippen molar-refractivity contribution in [2.75, 3.05) is 23.0 Å². The molecule has 11 heteroatoms. The summed E-state index contributed by atoms with van der Waals surface area (Å²) < 4.78 is 6.09. The van der Waals surface area contributed by atoms with E-state index in [2.05, 4.69) is 0 Å². The van der Waals surface area contributed by atoms with Crippen molar-refractivity contribution in [2.45, 2.75) is 24.2 Å². The maximum absolute atomic E-state index is 15.4. The van der Waals surface area contributed by atoms with Gasteiger partial charge in [0.15, 0.2) is 0 Å². The molecule has 262 valence electrons. The smallest absolute Gasteiger partial charge is 0.335 e. The van der Waals surface area contributed by atoms with Crippen LogP contribution >= 0.6 is 11.6 Å². The minimum Gasteiger partial charge on any atom is -0.491 e. The number of aromatic carboxylic acids is 1. The monoisotopic (exact) mass is 716 g/mol. The summed E-state index contributed by atoms with van der Waals surface area (Å²) in [6.07, 6.45) is 2.24. The number of imide groups is 2. The van der Waals surface area contributed by atoms with Crippen LogP contribution in [0.4, 0.5) is 11.4 Å². The number of para-hydroxylation sites is 1. The molecule has 2 aliphatic carbocycles. The minimum absolute atomic E-state index is 0.0163. The quantitative estimate of drug-likeness (QED) is 0.173. The molecule has 10 nitrogen and oxygen atoms in total. The number of hydrogen-bond acceptors (Lipinski definition) is 7. The highest BCUT2D eigenvalue weighted by Crippen LogP contribution is 2.65. The van der Waals surface area contributed by atoms with Gasteiger partial charge in [-0.25, -0.2) is 9.69 Å². The average Bonchev–Trinajstić information content (AvgIpc) is 3.55. The number of fused-ring (bicyclic) bond motifs is 4. The summed E-state index contributed by atoms with van der Waals surface area (Å²) in [6, 6.07) is 28.7. The van der Waals surface area contributed by atoms with Crippen molar-refractivity contribution in [3.05, 3.63) is 136 Å². The minimum atomic E-state index is -1.49. The van der Waals surface area contributed by atoms with Crippen molar-refractivity contribution >= 4 is 52.6 Å². The Bertz CT molecular complexity index is 2190. The zero-order valence-corrected chi connectivity index (χ0v) is 28.5. The zero-order valence-electron chi connectivity index (χ0n) is 27.7. The zero-order chi connectivity index (χ0) is 36.3. The van der Waals surface area contributed by atoms with Gasteiger partial charge in [0.25, 0.3) is 0 Å². The summed E-state index contributed by atoms with van der Waals surface area (Å²) in [6.45, 7) is -0.270. The van der Waals surface area contributed by atoms with Crippen LogP contribution in [0.15, 0.2) is 115 Å². The summed E-state index contributed by atoms with van der Waals surface area (Å²) in [5, 5.41) is 19.7. The Kier molecular flexibility index (Phi) is 8.31. The SMILES string of the molecule is O=C(O)c1cccc(N2C(=O)C3CC=C4C(CC5C(=O)N(c6cccc(Cl)c6)C(=O)C5(c5ccccc5)C4c4ccccc4OCCO)C3C2=O)c1. The number of halogens is 1. The van der Waals surface area contributed by atoms with E-state index < -0.39 is 64.6 Å². The largest absolute Gasteiger partial charge is 0.491 e. The lowest BCUT2D eigenvalue weighted by molar-refractivity contribution is -0.127. The van der Waals surface area contributed by atoms with E-state index in [1.807, 2.05) is 48.5 Å². The third-order valence-electron chi connectivity index (χ3n) is 11.1. The average molecular weight is 717 g/mol. The summed E-state index contributed by atoms with van der Waals surface area (Å²) in [7, 11) is 0. The molecule has 6 unspecified atom stereocenters. The number of carbonyl (C=O) groups is 5. The van der Waals surface area contributed by atoms with Crippen LogP contribution < -0.4 is 14.5 Å². The number of amides is 4. The second-order valence-corrected chi connectivity index (χ2v) is 14.0. The number of carboxylic acids is 1. The molecule has 6 atom stereocenters. The summed E-state index contributed by atoms with van der Waals surface area (Å²) in [5.41, 5.74) is 0.908. The van der Waals surface area contributed by atoms with Gasteiger partial charge in [-0.3, -0.25) is 24.1 Å². The fourth-order valence-electron chi connectivity index (χ4n) is 9.13. The van der Waals surface area contributed by atoms with Crippen molar-refractivity contribution < 1.29 is 38.9 Å². The molecule has 0 aromatic heterocycles. The lowest BCUT2D eigenvalue weighted by Crippen LogP contribution is -2.53. The molecule has 4 aromatic carbocycles. The van der Waals surface area contributed by atoms with Crippen molar-refractivity contribution in [1.82, 2.24) is 0 Å². The predicted molar refractivity (Wildman–Crippen MR) is 191 cm³/mol. The molecule has 2 aliphatic heterocycles. The first-order chi connectivity index (χ1) is 25.2. The molecule has 4 aliphatic rings. The molecular formula is C41H33ClN2O8. The summed E-state index contributed by atoms with van der Waals surface area (Å²) in [5.74, 6) is -6.61. The first-order valence-corrected chi connectivity index (χ1v) is 17.5. The van der Waals surface area contributed by atoms with Gasteiger partial charge in [-0.15, -0.1) is 0 Å². The molecule has 0 spiro atoms. The molecule has 0 radical (unpaired) electrons. The lowest BCUT2D eigenvalue weighted by atomic mass is 9.49. The van der Waals surface area contributed by atoms with Crippen molar-refractivity contribution in [3.63, 3.8) is 0 Å². The molecule has 4 amide bonds. The Labute approximate surface area is 303 Å². The Balaban J connectivity index is 1.35. The van der Waals surface area contributed by atoms with Gasteiger partial charge in [-0.05, 0) is 66.8 Å². The van der Waals surface area contributed by atoms with E-state index in [0.717, 1.165) is 10.5 Å². The number of benzene rings is 4. The second kappa shape index (κ2) is 12.9. The van der Waals surface area contributed by atoms with Crippen molar-refractivity contribution in [3.8, 4) is 5.75 Å². The van der Waals surface area contributed by atoms with E-state index in [4.69, 9.17) is 16.3 Å². The molecule has 2 N–H and O–H groups in total. The van der Waals surface area contributed by atoms with Gasteiger partial charge in [0.2, 0.25) is 23.6 Å². The van der Waals surface area contributed by atoms with E-state index in [-0.39, 0.29) is 37.3 Å². The van der Waals surface area contributed by atoms with E-state index in [0.29, 0.717) is 27.6 Å². The van der Waals surface area contributed by atoms with Crippen LogP contribution in [0.1, 0.15) is 40.2 Å². The van der Waals surface area contributed by atoms with Crippen LogP contribution in [-0.2, 0) is 24.6 Å². The molecule has 4 aromatic rings. The fraction of sp³-hybridized carbons (Fsp3) is 0.244. The maximum atomic E-state index is 15.4. The Morgan fingerprint density at radius 2 is 1.52 bits per heavy atom. The number of rotatable bonds is 8. The van der Waals surface area contributed by atoms with Gasteiger partial charge in [-0.1, -0.05) is 83.9 Å². The van der Waals surface area contributed by atoms with Gasteiger partial charge in [0.05, 0.1) is 46.7 Å². The lowest BCUT2D eigenvalue weighted by Gasteiger charge is -2.51. The number of carbonyl (C=O) groups excluding carboxylic acids is 4. The number of anilines is 2. The van der Waals surface area contributed by atoms with Gasteiger partial charge in [0, 0.05) is 16.5 Å². The molecule has 2 heterocycles. The van der Waals surface area contributed by atoms with Gasteiger partial charge in [0.1, 0.15) is 12.4 Å². The number of nitrogens with zero attached hydrogens (tertiary/aromatic N) is 2. The van der Waals surface area contributed by atoms with Crippen LogP contribution in [0.25, 0.3) is 0 Å². The van der Waals surface area contributed by atoms with Crippen LogP contribution in [-0.4, -0.2) is 53.0 Å². The highest BCUT2D eigenvalue weighted by atomic mass is 35.5. The number of aliphatic hydroxyl groups excluding tert-OH is 1. The van der Waals surface area contributed by atoms with Crippen LogP contribution in [0, 0.1) is 23.7 Å². The Morgan fingerprint density at radius 3 is 2.25 bits per heavy atom. The number of hydrogen-bond donors (Lipinski definition) is 2. The molecular weight excluding hydrogens is 684 g/mol. The molecule has 1 saturated carbocycles. The molecule has 3 fully saturated rings. The fourth-order valence-corrected chi connectivity index (χ4v) is 9.31. The maximum Gasteiger partial charge on any atom is 0.335 e. The molecule has 2 saturated heterocycles. The highest BCUT2D eigenvalue weighted by Gasteiger charge is 2.70. The van der Waals surface area contributed by atoms with E-state index in [9.17, 15) is 29.4 Å². The molecule has 0 bridgehead atoms. The predicted octanol–water partition coefficient (Wildman–Crippen LogP) is 5.78. The second-order valence-electron chi connectivity index (χ2n) is 13.6. The topological polar surface area (TPSA) is 142 Å². The van der Waals surface area contributed by atoms with Gasteiger partial charge >= 0.3 is 5.97 Å². The van der Waals surface area contributed by atoms with Crippen LogP contribution in [0.5, 0.6) is 5.75 Å². The summed E-state index contributed by atoms with van der Waals surface area (Å²) >= 11 is 6.40. The van der Waals surface area contributed by atoms with Crippen LogP contribution in [0.3, 0.4) is 0 Å². The third-order valence-corrected chi connectivity index (χ3v) is 11.3. The van der Waals surface area contributed by atoms with Gasteiger partial charge in [-0.2, -0.15) is 0 Å². The number of aliphatic hydroxyl groups is 1. The first kappa shape index (κ1) is 33.6. The first-order valence-electron chi connectivity index (χ1n) is 17.1. The third kappa shape index (κ3) is 4.92. The van der Waals surface area contributed by atoms with E-state index in [1.54, 1.807) is 36.4 Å². The van der Waals surface area contributed by atoms with E-state index >= 15 is 4.79 Å². The van der Waals surface area contributed by atoms with Crippen molar-refractivity contribution in [1.29, 1.82) is 0 Å². The molecule has 8 rings (SSSR count). The van der Waals surface area contributed by atoms with Gasteiger partial charge < -0.3 is 14.9 Å². The Morgan fingerprint density at radius 1 is 0.808 bits per heavy atom. The molecule has 52 heavy (non-hydrogen) atoms. The van der Waals surface area contributed by atoms with Crippen LogP contribution in [0.2, 0.25) is 5.02 Å². The van der Waals surface area contributed by atoms with E-state index in [1.165, 1.54) is 29.2 Å². The normalized spacial score (nSPS) is 26.5. The number of ether oxygens (including phenoxy) is 1. The van der Waals surface area contributed by atoms with Crippen molar-refractivity contribution in [2.24, 2.45) is 23.7 Å².